The van der Waals surface area contributed by atoms with Crippen molar-refractivity contribution in [2.24, 2.45) is 0 Å². The molecule has 186 valence electrons. The van der Waals surface area contributed by atoms with Gasteiger partial charge in [0.1, 0.15) is 0 Å². The first-order chi connectivity index (χ1) is 16.4. The van der Waals surface area contributed by atoms with Crippen LogP contribution in [0.3, 0.4) is 0 Å². The molecule has 2 aliphatic rings. The third-order valence-corrected chi connectivity index (χ3v) is 6.74. The van der Waals surface area contributed by atoms with Gasteiger partial charge >= 0.3 is 0 Å². The standard InChI is InChI=1S/C31H52N2/c1-2-3-4-5-6-7-8-10-14-17-22-31-24-20-27-33(29-31)26-18-15-12-9-11-13-16-21-30-23-19-25-32-28-30/h3-4,8,10,12,15,23-24,32H,2,5-7,9,11,13-14,16-22,25-29H2,1H3/b4-3+,10-8-,15-12+. The summed E-state index contributed by atoms with van der Waals surface area (Å²) in [5.41, 5.74) is 3.31. The first kappa shape index (κ1) is 27.9. The Bertz CT molecular complexity index is 623. The van der Waals surface area contributed by atoms with Crippen LogP contribution in [0.5, 0.6) is 0 Å². The molecule has 0 aromatic rings. The molecule has 0 fully saturated rings. The molecule has 0 saturated carbocycles. The SMILES string of the molecule is CC/C=C/CCC/C=C\CCCC1=CCCN(CC/C=C/CCCCCC2=CCCNC2)C1. The molecule has 0 aromatic heterocycles. The fraction of sp³-hybridized carbons (Fsp3) is 0.677. The molecule has 33 heavy (non-hydrogen) atoms. The zero-order valence-corrected chi connectivity index (χ0v) is 21.7. The average molecular weight is 453 g/mol. The van der Waals surface area contributed by atoms with Gasteiger partial charge in [-0.05, 0) is 96.4 Å². The molecular formula is C31H52N2. The fourth-order valence-electron chi connectivity index (χ4n) is 4.75. The van der Waals surface area contributed by atoms with Crippen molar-refractivity contribution in [2.45, 2.75) is 103 Å². The molecule has 0 bridgehead atoms. The maximum Gasteiger partial charge on any atom is 0.0193 e. The Hall–Kier alpha value is -1.38. The second kappa shape index (κ2) is 20.0. The maximum absolute atomic E-state index is 3.47. The molecule has 1 N–H and O–H groups in total. The van der Waals surface area contributed by atoms with Crippen molar-refractivity contribution < 1.29 is 0 Å². The molecular weight excluding hydrogens is 400 g/mol. The van der Waals surface area contributed by atoms with Crippen LogP contribution in [0.15, 0.2) is 59.8 Å². The van der Waals surface area contributed by atoms with E-state index in [1.54, 1.807) is 11.1 Å². The highest BCUT2D eigenvalue weighted by Gasteiger charge is 2.11. The van der Waals surface area contributed by atoms with Crippen LogP contribution in [0.4, 0.5) is 0 Å². The summed E-state index contributed by atoms with van der Waals surface area (Å²) in [6, 6.07) is 0. The minimum Gasteiger partial charge on any atom is -0.313 e. The zero-order chi connectivity index (χ0) is 23.2. The van der Waals surface area contributed by atoms with Crippen molar-refractivity contribution in [1.82, 2.24) is 10.2 Å². The molecule has 2 heterocycles. The predicted octanol–water partition coefficient (Wildman–Crippen LogP) is 8.30. The van der Waals surface area contributed by atoms with E-state index in [-0.39, 0.29) is 0 Å². The van der Waals surface area contributed by atoms with Crippen LogP contribution < -0.4 is 5.32 Å². The number of hydrogen-bond donors (Lipinski definition) is 1. The molecule has 0 radical (unpaired) electrons. The Kier molecular flexibility index (Phi) is 16.9. The second-order valence-corrected chi connectivity index (χ2v) is 9.79. The Labute approximate surface area is 206 Å². The molecule has 0 amide bonds. The minimum absolute atomic E-state index is 1.13. The number of nitrogens with one attached hydrogen (secondary N) is 1. The highest BCUT2D eigenvalue weighted by molar-refractivity contribution is 5.09. The van der Waals surface area contributed by atoms with Crippen molar-refractivity contribution in [3.05, 3.63) is 59.8 Å². The quantitative estimate of drug-likeness (QED) is 0.166. The number of hydrogen-bond acceptors (Lipinski definition) is 2. The van der Waals surface area contributed by atoms with Gasteiger partial charge < -0.3 is 5.32 Å². The van der Waals surface area contributed by atoms with E-state index < -0.39 is 0 Å². The smallest absolute Gasteiger partial charge is 0.0193 e. The highest BCUT2D eigenvalue weighted by atomic mass is 15.1. The van der Waals surface area contributed by atoms with Crippen molar-refractivity contribution in [2.75, 3.05) is 32.7 Å². The van der Waals surface area contributed by atoms with Gasteiger partial charge in [0, 0.05) is 26.2 Å². The monoisotopic (exact) mass is 452 g/mol. The highest BCUT2D eigenvalue weighted by Crippen LogP contribution is 2.17. The van der Waals surface area contributed by atoms with Crippen LogP contribution in [-0.2, 0) is 0 Å². The fourth-order valence-corrected chi connectivity index (χ4v) is 4.75. The third kappa shape index (κ3) is 15.2. The lowest BCUT2D eigenvalue weighted by molar-refractivity contribution is 0.292. The maximum atomic E-state index is 3.47. The molecule has 2 rings (SSSR count). The summed E-state index contributed by atoms with van der Waals surface area (Å²) in [7, 11) is 0. The molecule has 0 saturated heterocycles. The van der Waals surface area contributed by atoms with Crippen LogP contribution in [-0.4, -0.2) is 37.6 Å². The summed E-state index contributed by atoms with van der Waals surface area (Å²) in [6.45, 7) is 8.16. The molecule has 0 unspecified atom stereocenters. The Morgan fingerprint density at radius 1 is 0.727 bits per heavy atom. The Balaban J connectivity index is 1.42. The van der Waals surface area contributed by atoms with E-state index in [2.05, 4.69) is 65.7 Å². The lowest BCUT2D eigenvalue weighted by atomic mass is 10.0. The summed E-state index contributed by atoms with van der Waals surface area (Å²) in [6.07, 6.45) is 38.2. The van der Waals surface area contributed by atoms with Crippen molar-refractivity contribution in [3.63, 3.8) is 0 Å². The van der Waals surface area contributed by atoms with Crippen LogP contribution in [0.25, 0.3) is 0 Å². The zero-order valence-electron chi connectivity index (χ0n) is 21.7. The molecule has 0 atom stereocenters. The van der Waals surface area contributed by atoms with Gasteiger partial charge in [0.2, 0.25) is 0 Å². The normalized spacial score (nSPS) is 18.0. The summed E-state index contributed by atoms with van der Waals surface area (Å²) in [5, 5.41) is 3.47. The van der Waals surface area contributed by atoms with Gasteiger partial charge in [-0.2, -0.15) is 0 Å². The minimum atomic E-state index is 1.13. The molecule has 2 nitrogen and oxygen atoms in total. The number of nitrogens with zero attached hydrogens (tertiary/aromatic N) is 1. The first-order valence-corrected chi connectivity index (χ1v) is 14.1. The van der Waals surface area contributed by atoms with Gasteiger partial charge in [0.05, 0.1) is 0 Å². The van der Waals surface area contributed by atoms with Gasteiger partial charge in [-0.25, -0.2) is 0 Å². The number of allylic oxidation sites excluding steroid dienone is 5. The number of unbranched alkanes of at least 4 members (excludes halogenated alkanes) is 6. The van der Waals surface area contributed by atoms with Crippen LogP contribution in [0.2, 0.25) is 0 Å². The molecule has 0 aliphatic carbocycles. The van der Waals surface area contributed by atoms with Crippen molar-refractivity contribution in [3.8, 4) is 0 Å². The lowest BCUT2D eigenvalue weighted by Crippen LogP contribution is -2.30. The van der Waals surface area contributed by atoms with E-state index in [4.69, 9.17) is 0 Å². The molecule has 2 aliphatic heterocycles. The predicted molar refractivity (Wildman–Crippen MR) is 148 cm³/mol. The van der Waals surface area contributed by atoms with Gasteiger partial charge in [-0.15, -0.1) is 0 Å². The van der Waals surface area contributed by atoms with Gasteiger partial charge in [-0.1, -0.05) is 73.1 Å². The molecule has 2 heteroatoms. The van der Waals surface area contributed by atoms with Gasteiger partial charge in [0.15, 0.2) is 0 Å². The van der Waals surface area contributed by atoms with E-state index in [0.29, 0.717) is 0 Å². The van der Waals surface area contributed by atoms with E-state index in [1.807, 2.05) is 0 Å². The van der Waals surface area contributed by atoms with E-state index in [9.17, 15) is 0 Å². The summed E-state index contributed by atoms with van der Waals surface area (Å²) in [4.78, 5) is 2.66. The molecule has 0 spiro atoms. The lowest BCUT2D eigenvalue weighted by Gasteiger charge is -2.26. The van der Waals surface area contributed by atoms with Crippen LogP contribution >= 0.6 is 0 Å². The van der Waals surface area contributed by atoms with E-state index in [0.717, 1.165) is 13.0 Å². The third-order valence-electron chi connectivity index (χ3n) is 6.74. The average Bonchev–Trinajstić information content (AvgIpc) is 2.85. The van der Waals surface area contributed by atoms with Crippen LogP contribution in [0.1, 0.15) is 103 Å². The Morgan fingerprint density at radius 3 is 2.21 bits per heavy atom. The summed E-state index contributed by atoms with van der Waals surface area (Å²) < 4.78 is 0. The second-order valence-electron chi connectivity index (χ2n) is 9.79. The van der Waals surface area contributed by atoms with Gasteiger partial charge in [-0.3, -0.25) is 4.90 Å². The van der Waals surface area contributed by atoms with E-state index >= 15 is 0 Å². The first-order valence-electron chi connectivity index (χ1n) is 14.1. The summed E-state index contributed by atoms with van der Waals surface area (Å²) >= 11 is 0. The Morgan fingerprint density at radius 2 is 1.42 bits per heavy atom. The topological polar surface area (TPSA) is 15.3 Å². The van der Waals surface area contributed by atoms with Crippen LogP contribution in [0, 0.1) is 0 Å². The van der Waals surface area contributed by atoms with E-state index in [1.165, 1.54) is 116 Å². The van der Waals surface area contributed by atoms with Gasteiger partial charge in [0.25, 0.3) is 0 Å². The molecule has 0 aromatic carbocycles. The number of rotatable bonds is 18. The van der Waals surface area contributed by atoms with Crippen molar-refractivity contribution >= 4 is 0 Å². The largest absolute Gasteiger partial charge is 0.313 e. The van der Waals surface area contributed by atoms with Crippen molar-refractivity contribution in [1.29, 1.82) is 0 Å². The summed E-state index contributed by atoms with van der Waals surface area (Å²) in [5.74, 6) is 0.